The number of rotatable bonds is 8. The SMILES string of the molecule is C[C@H](NC(=O)COc1ccccc1)C(=O)NCc1ccc(S(N)(=O)=O)cc1. The molecular weight excluding hydrogens is 370 g/mol. The smallest absolute Gasteiger partial charge is 0.258 e. The Kier molecular flexibility index (Phi) is 6.91. The van der Waals surface area contributed by atoms with Crippen LogP contribution in [0, 0.1) is 0 Å². The van der Waals surface area contributed by atoms with Gasteiger partial charge in [-0.15, -0.1) is 0 Å². The van der Waals surface area contributed by atoms with Crippen molar-refractivity contribution < 1.29 is 22.7 Å². The predicted octanol–water partition coefficient (Wildman–Crippen LogP) is 0.534. The summed E-state index contributed by atoms with van der Waals surface area (Å²) in [6.45, 7) is 1.54. The Bertz CT molecular complexity index is 883. The standard InChI is InChI=1S/C18H21N3O5S/c1-13(21-17(22)12-26-15-5-3-2-4-6-15)18(23)20-11-14-7-9-16(10-8-14)27(19,24)25/h2-10,13H,11-12H2,1H3,(H,20,23)(H,21,22)(H2,19,24,25)/t13-/m0/s1. The molecule has 0 heterocycles. The lowest BCUT2D eigenvalue weighted by atomic mass is 10.2. The zero-order valence-electron chi connectivity index (χ0n) is 14.7. The summed E-state index contributed by atoms with van der Waals surface area (Å²) in [6, 6.07) is 14.0. The van der Waals surface area contributed by atoms with Crippen LogP contribution in [0.5, 0.6) is 5.75 Å². The van der Waals surface area contributed by atoms with E-state index in [0.29, 0.717) is 11.3 Å². The fraction of sp³-hybridized carbons (Fsp3) is 0.222. The normalized spacial score (nSPS) is 12.1. The van der Waals surface area contributed by atoms with Gasteiger partial charge in [-0.1, -0.05) is 30.3 Å². The van der Waals surface area contributed by atoms with Crippen molar-refractivity contribution in [3.05, 3.63) is 60.2 Å². The number of para-hydroxylation sites is 1. The van der Waals surface area contributed by atoms with Crippen molar-refractivity contribution in [1.29, 1.82) is 0 Å². The second kappa shape index (κ2) is 9.15. The molecule has 144 valence electrons. The number of carbonyl (C=O) groups excluding carboxylic acids is 2. The molecule has 0 bridgehead atoms. The lowest BCUT2D eigenvalue weighted by Crippen LogP contribution is -2.46. The van der Waals surface area contributed by atoms with E-state index in [9.17, 15) is 18.0 Å². The molecule has 27 heavy (non-hydrogen) atoms. The molecule has 1 atom stereocenters. The first kappa shape index (κ1) is 20.4. The van der Waals surface area contributed by atoms with E-state index in [-0.39, 0.29) is 24.0 Å². The number of hydrogen-bond acceptors (Lipinski definition) is 5. The third-order valence-corrected chi connectivity index (χ3v) is 4.53. The molecule has 0 saturated carbocycles. The van der Waals surface area contributed by atoms with Crippen molar-refractivity contribution in [3.63, 3.8) is 0 Å². The maximum Gasteiger partial charge on any atom is 0.258 e. The Labute approximate surface area is 157 Å². The van der Waals surface area contributed by atoms with Gasteiger partial charge < -0.3 is 15.4 Å². The van der Waals surface area contributed by atoms with Gasteiger partial charge in [0.05, 0.1) is 4.90 Å². The summed E-state index contributed by atoms with van der Waals surface area (Å²) >= 11 is 0. The third-order valence-electron chi connectivity index (χ3n) is 3.60. The van der Waals surface area contributed by atoms with Gasteiger partial charge in [0.25, 0.3) is 5.91 Å². The van der Waals surface area contributed by atoms with E-state index in [1.54, 1.807) is 43.3 Å². The van der Waals surface area contributed by atoms with Gasteiger partial charge in [-0.05, 0) is 36.8 Å². The maximum absolute atomic E-state index is 12.1. The number of nitrogens with one attached hydrogen (secondary N) is 2. The Morgan fingerprint density at radius 3 is 2.30 bits per heavy atom. The number of ether oxygens (including phenoxy) is 1. The van der Waals surface area contributed by atoms with Crippen LogP contribution in [0.25, 0.3) is 0 Å². The first-order chi connectivity index (χ1) is 12.8. The fourth-order valence-electron chi connectivity index (χ4n) is 2.15. The van der Waals surface area contributed by atoms with Crippen molar-refractivity contribution in [1.82, 2.24) is 10.6 Å². The van der Waals surface area contributed by atoms with E-state index >= 15 is 0 Å². The molecule has 0 radical (unpaired) electrons. The highest BCUT2D eigenvalue weighted by atomic mass is 32.2. The van der Waals surface area contributed by atoms with Crippen LogP contribution in [-0.2, 0) is 26.2 Å². The van der Waals surface area contributed by atoms with E-state index < -0.39 is 22.0 Å². The summed E-state index contributed by atoms with van der Waals surface area (Å²) in [4.78, 5) is 23.9. The minimum Gasteiger partial charge on any atom is -0.484 e. The number of nitrogens with two attached hydrogens (primary N) is 1. The average Bonchev–Trinajstić information content (AvgIpc) is 2.65. The Morgan fingerprint density at radius 1 is 1.07 bits per heavy atom. The van der Waals surface area contributed by atoms with Gasteiger partial charge in [-0.3, -0.25) is 9.59 Å². The first-order valence-corrected chi connectivity index (χ1v) is 9.67. The van der Waals surface area contributed by atoms with Gasteiger partial charge >= 0.3 is 0 Å². The molecule has 0 aliphatic heterocycles. The fourth-order valence-corrected chi connectivity index (χ4v) is 2.67. The number of carbonyl (C=O) groups is 2. The Balaban J connectivity index is 1.77. The van der Waals surface area contributed by atoms with E-state index in [2.05, 4.69) is 10.6 Å². The molecule has 8 nitrogen and oxygen atoms in total. The molecule has 0 aliphatic carbocycles. The molecule has 4 N–H and O–H groups in total. The molecule has 0 saturated heterocycles. The highest BCUT2D eigenvalue weighted by Gasteiger charge is 2.15. The van der Waals surface area contributed by atoms with Crippen LogP contribution in [-0.4, -0.2) is 32.9 Å². The highest BCUT2D eigenvalue weighted by Crippen LogP contribution is 2.09. The molecule has 2 amide bonds. The summed E-state index contributed by atoms with van der Waals surface area (Å²) in [5, 5.41) is 10.2. The van der Waals surface area contributed by atoms with Crippen LogP contribution in [0.2, 0.25) is 0 Å². The molecule has 2 rings (SSSR count). The van der Waals surface area contributed by atoms with Crippen LogP contribution >= 0.6 is 0 Å². The third kappa shape index (κ3) is 6.72. The van der Waals surface area contributed by atoms with Gasteiger partial charge in [0.1, 0.15) is 11.8 Å². The molecular formula is C18H21N3O5S. The van der Waals surface area contributed by atoms with Crippen LogP contribution in [0.1, 0.15) is 12.5 Å². The molecule has 0 fully saturated rings. The van der Waals surface area contributed by atoms with Crippen molar-refractivity contribution in [2.24, 2.45) is 5.14 Å². The van der Waals surface area contributed by atoms with Gasteiger partial charge in [-0.25, -0.2) is 13.6 Å². The summed E-state index contributed by atoms with van der Waals surface area (Å²) in [5.41, 5.74) is 0.696. The number of hydrogen-bond donors (Lipinski definition) is 3. The number of sulfonamides is 1. The molecule has 0 spiro atoms. The van der Waals surface area contributed by atoms with Crippen LogP contribution in [0.4, 0.5) is 0 Å². The Hall–Kier alpha value is -2.91. The van der Waals surface area contributed by atoms with Crippen LogP contribution < -0.4 is 20.5 Å². The average molecular weight is 391 g/mol. The van der Waals surface area contributed by atoms with Crippen molar-refractivity contribution in [2.75, 3.05) is 6.61 Å². The first-order valence-electron chi connectivity index (χ1n) is 8.12. The minimum atomic E-state index is -3.75. The summed E-state index contributed by atoms with van der Waals surface area (Å²) in [6.07, 6.45) is 0. The van der Waals surface area contributed by atoms with Crippen molar-refractivity contribution in [3.8, 4) is 5.75 Å². The van der Waals surface area contributed by atoms with E-state index in [1.807, 2.05) is 6.07 Å². The number of benzene rings is 2. The predicted molar refractivity (Wildman–Crippen MR) is 99.2 cm³/mol. The lowest BCUT2D eigenvalue weighted by Gasteiger charge is -2.14. The van der Waals surface area contributed by atoms with Gasteiger partial charge in [0.2, 0.25) is 15.9 Å². The lowest BCUT2D eigenvalue weighted by molar-refractivity contribution is -0.129. The highest BCUT2D eigenvalue weighted by molar-refractivity contribution is 7.89. The number of amides is 2. The summed E-state index contributed by atoms with van der Waals surface area (Å²) < 4.78 is 27.7. The largest absolute Gasteiger partial charge is 0.484 e. The monoisotopic (exact) mass is 391 g/mol. The van der Waals surface area contributed by atoms with Crippen molar-refractivity contribution in [2.45, 2.75) is 24.4 Å². The zero-order chi connectivity index (χ0) is 19.9. The van der Waals surface area contributed by atoms with Gasteiger partial charge in [0.15, 0.2) is 6.61 Å². The van der Waals surface area contributed by atoms with E-state index in [4.69, 9.17) is 9.88 Å². The topological polar surface area (TPSA) is 128 Å². The second-order valence-electron chi connectivity index (χ2n) is 5.80. The number of primary sulfonamides is 1. The summed E-state index contributed by atoms with van der Waals surface area (Å²) in [7, 11) is -3.75. The minimum absolute atomic E-state index is 0.00313. The Morgan fingerprint density at radius 2 is 1.70 bits per heavy atom. The maximum atomic E-state index is 12.1. The zero-order valence-corrected chi connectivity index (χ0v) is 15.5. The molecule has 0 unspecified atom stereocenters. The summed E-state index contributed by atoms with van der Waals surface area (Å²) in [5.74, 6) is -0.231. The molecule has 0 aliphatic rings. The molecule has 2 aromatic carbocycles. The van der Waals surface area contributed by atoms with Crippen molar-refractivity contribution >= 4 is 21.8 Å². The van der Waals surface area contributed by atoms with E-state index in [0.717, 1.165) is 0 Å². The van der Waals surface area contributed by atoms with Crippen LogP contribution in [0.3, 0.4) is 0 Å². The van der Waals surface area contributed by atoms with Gasteiger partial charge in [-0.2, -0.15) is 0 Å². The van der Waals surface area contributed by atoms with Gasteiger partial charge in [0, 0.05) is 6.54 Å². The molecule has 9 heteroatoms. The second-order valence-corrected chi connectivity index (χ2v) is 7.36. The van der Waals surface area contributed by atoms with E-state index in [1.165, 1.54) is 12.1 Å². The van der Waals surface area contributed by atoms with Crippen LogP contribution in [0.15, 0.2) is 59.5 Å². The molecule has 0 aromatic heterocycles. The molecule has 2 aromatic rings. The quantitative estimate of drug-likeness (QED) is 0.605.